The lowest BCUT2D eigenvalue weighted by molar-refractivity contribution is -0.137. The molecular weight excluding hydrogens is 273 g/mol. The van der Waals surface area contributed by atoms with Crippen LogP contribution in [0.4, 0.5) is 13.2 Å². The van der Waals surface area contributed by atoms with Crippen LogP contribution in [-0.4, -0.2) is 15.9 Å². The highest BCUT2D eigenvalue weighted by atomic mass is 19.4. The van der Waals surface area contributed by atoms with E-state index in [9.17, 15) is 18.0 Å². The van der Waals surface area contributed by atoms with Crippen LogP contribution in [0, 0.1) is 0 Å². The van der Waals surface area contributed by atoms with E-state index in [0.717, 1.165) is 12.1 Å². The number of pyridine rings is 2. The monoisotopic (exact) mass is 282 g/mol. The molecular formula is C13H9F3N2O2. The number of nitrogens with zero attached hydrogens (tertiary/aromatic N) is 2. The van der Waals surface area contributed by atoms with E-state index in [2.05, 4.69) is 9.97 Å². The molecule has 104 valence electrons. The van der Waals surface area contributed by atoms with Crippen LogP contribution in [0.5, 0.6) is 0 Å². The number of rotatable bonds is 3. The van der Waals surface area contributed by atoms with Crippen molar-refractivity contribution < 1.29 is 22.7 Å². The van der Waals surface area contributed by atoms with Gasteiger partial charge in [-0.25, -0.2) is 9.78 Å². The molecule has 0 saturated carbocycles. The standard InChI is InChI=1S/C13H9F3N2O2/c14-13(15,16)10-3-4-11(18-7-10)12(19)20-8-9-2-1-5-17-6-9/h1-7H,8H2. The molecule has 0 atom stereocenters. The van der Waals surface area contributed by atoms with Gasteiger partial charge in [-0.3, -0.25) is 4.98 Å². The van der Waals surface area contributed by atoms with Crippen LogP contribution in [0.25, 0.3) is 0 Å². The van der Waals surface area contributed by atoms with Crippen LogP contribution in [0.3, 0.4) is 0 Å². The third kappa shape index (κ3) is 3.53. The Morgan fingerprint density at radius 1 is 1.20 bits per heavy atom. The molecule has 4 nitrogen and oxygen atoms in total. The molecule has 0 aromatic carbocycles. The zero-order valence-electron chi connectivity index (χ0n) is 10.1. The molecule has 2 aromatic heterocycles. The van der Waals surface area contributed by atoms with Crippen molar-refractivity contribution in [2.75, 3.05) is 0 Å². The molecule has 0 unspecified atom stereocenters. The zero-order valence-corrected chi connectivity index (χ0v) is 10.1. The highest BCUT2D eigenvalue weighted by Crippen LogP contribution is 2.28. The van der Waals surface area contributed by atoms with Crippen LogP contribution in [-0.2, 0) is 17.5 Å². The molecule has 0 saturated heterocycles. The minimum absolute atomic E-state index is 0.0185. The maximum atomic E-state index is 12.3. The molecule has 0 bridgehead atoms. The molecule has 2 aromatic rings. The van der Waals surface area contributed by atoms with E-state index < -0.39 is 17.7 Å². The van der Waals surface area contributed by atoms with Gasteiger partial charge in [0, 0.05) is 24.2 Å². The van der Waals surface area contributed by atoms with Crippen LogP contribution in [0.15, 0.2) is 42.9 Å². The Morgan fingerprint density at radius 2 is 2.00 bits per heavy atom. The number of ether oxygens (including phenoxy) is 1. The second-order valence-electron chi connectivity index (χ2n) is 3.87. The van der Waals surface area contributed by atoms with Crippen LogP contribution in [0.2, 0.25) is 0 Å². The minimum atomic E-state index is -4.48. The second kappa shape index (κ2) is 5.68. The van der Waals surface area contributed by atoms with Crippen LogP contribution in [0.1, 0.15) is 21.6 Å². The Bertz CT molecular complexity index is 583. The number of aromatic nitrogens is 2. The lowest BCUT2D eigenvalue weighted by Gasteiger charge is -2.07. The van der Waals surface area contributed by atoms with Crippen molar-refractivity contribution in [3.63, 3.8) is 0 Å². The van der Waals surface area contributed by atoms with Gasteiger partial charge in [-0.15, -0.1) is 0 Å². The predicted molar refractivity (Wildman–Crippen MR) is 62.6 cm³/mol. The summed E-state index contributed by atoms with van der Waals surface area (Å²) in [6.45, 7) is -0.0185. The van der Waals surface area contributed by atoms with Gasteiger partial charge in [0.1, 0.15) is 12.3 Å². The molecule has 0 N–H and O–H groups in total. The molecule has 0 radical (unpaired) electrons. The second-order valence-corrected chi connectivity index (χ2v) is 3.87. The molecule has 0 amide bonds. The van der Waals surface area contributed by atoms with E-state index in [1.54, 1.807) is 18.3 Å². The molecule has 0 aliphatic heterocycles. The average molecular weight is 282 g/mol. The molecule has 0 aliphatic carbocycles. The fourth-order valence-corrected chi connectivity index (χ4v) is 1.39. The van der Waals surface area contributed by atoms with Gasteiger partial charge in [-0.1, -0.05) is 6.07 Å². The first-order valence-electron chi connectivity index (χ1n) is 5.56. The first kappa shape index (κ1) is 14.0. The Balaban J connectivity index is 1.99. The first-order chi connectivity index (χ1) is 9.47. The maximum absolute atomic E-state index is 12.3. The van der Waals surface area contributed by atoms with Crippen molar-refractivity contribution in [1.82, 2.24) is 9.97 Å². The zero-order chi connectivity index (χ0) is 14.6. The van der Waals surface area contributed by atoms with Gasteiger partial charge in [0.2, 0.25) is 0 Å². The summed E-state index contributed by atoms with van der Waals surface area (Å²) in [6, 6.07) is 5.15. The SMILES string of the molecule is O=C(OCc1cccnc1)c1ccc(C(F)(F)F)cn1. The van der Waals surface area contributed by atoms with Gasteiger partial charge in [0.05, 0.1) is 5.56 Å². The lowest BCUT2D eigenvalue weighted by Crippen LogP contribution is -2.10. The minimum Gasteiger partial charge on any atom is -0.456 e. The highest BCUT2D eigenvalue weighted by molar-refractivity contribution is 5.87. The summed E-state index contributed by atoms with van der Waals surface area (Å²) in [6.07, 6.45) is -0.790. The number of carbonyl (C=O) groups excluding carboxylic acids is 1. The van der Waals surface area contributed by atoms with Crippen molar-refractivity contribution in [3.05, 3.63) is 59.7 Å². The van der Waals surface area contributed by atoms with E-state index in [1.165, 1.54) is 6.20 Å². The van der Waals surface area contributed by atoms with Gasteiger partial charge in [0.25, 0.3) is 0 Å². The average Bonchev–Trinajstić information content (AvgIpc) is 2.45. The van der Waals surface area contributed by atoms with Gasteiger partial charge in [-0.05, 0) is 18.2 Å². The molecule has 0 fully saturated rings. The van der Waals surface area contributed by atoms with Crippen LogP contribution >= 0.6 is 0 Å². The quantitative estimate of drug-likeness (QED) is 0.812. The largest absolute Gasteiger partial charge is 0.456 e. The van der Waals surface area contributed by atoms with Crippen molar-refractivity contribution in [3.8, 4) is 0 Å². The normalized spacial score (nSPS) is 11.2. The van der Waals surface area contributed by atoms with E-state index in [-0.39, 0.29) is 12.3 Å². The van der Waals surface area contributed by atoms with E-state index >= 15 is 0 Å². The molecule has 2 rings (SSSR count). The molecule has 2 heterocycles. The number of carbonyl (C=O) groups is 1. The number of esters is 1. The summed E-state index contributed by atoms with van der Waals surface area (Å²) >= 11 is 0. The van der Waals surface area contributed by atoms with Crippen molar-refractivity contribution in [1.29, 1.82) is 0 Å². The van der Waals surface area contributed by atoms with E-state index in [0.29, 0.717) is 11.8 Å². The van der Waals surface area contributed by atoms with E-state index in [1.807, 2.05) is 0 Å². The number of hydrogen-bond donors (Lipinski definition) is 0. The Labute approximate surface area is 112 Å². The Morgan fingerprint density at radius 3 is 2.55 bits per heavy atom. The van der Waals surface area contributed by atoms with Gasteiger partial charge < -0.3 is 4.74 Å². The Kier molecular flexibility index (Phi) is 3.97. The topological polar surface area (TPSA) is 52.1 Å². The summed E-state index contributed by atoms with van der Waals surface area (Å²) in [7, 11) is 0. The molecule has 0 aliphatic rings. The highest BCUT2D eigenvalue weighted by Gasteiger charge is 2.31. The fraction of sp³-hybridized carbons (Fsp3) is 0.154. The number of hydrogen-bond acceptors (Lipinski definition) is 4. The lowest BCUT2D eigenvalue weighted by atomic mass is 10.2. The summed E-state index contributed by atoms with van der Waals surface area (Å²) in [5.74, 6) is -0.789. The predicted octanol–water partition coefficient (Wildman–Crippen LogP) is 2.85. The maximum Gasteiger partial charge on any atom is 0.417 e. The van der Waals surface area contributed by atoms with Gasteiger partial charge >= 0.3 is 12.1 Å². The smallest absolute Gasteiger partial charge is 0.417 e. The van der Waals surface area contributed by atoms with E-state index in [4.69, 9.17) is 4.74 Å². The molecule has 20 heavy (non-hydrogen) atoms. The van der Waals surface area contributed by atoms with Crippen molar-refractivity contribution in [2.45, 2.75) is 12.8 Å². The molecule has 0 spiro atoms. The summed E-state index contributed by atoms with van der Waals surface area (Å²) in [5.41, 5.74) is -0.420. The summed E-state index contributed by atoms with van der Waals surface area (Å²) in [4.78, 5) is 18.9. The third-order valence-electron chi connectivity index (χ3n) is 2.39. The summed E-state index contributed by atoms with van der Waals surface area (Å²) < 4.78 is 41.9. The first-order valence-corrected chi connectivity index (χ1v) is 5.56. The number of halogens is 3. The third-order valence-corrected chi connectivity index (χ3v) is 2.39. The van der Waals surface area contributed by atoms with Crippen molar-refractivity contribution >= 4 is 5.97 Å². The molecule has 7 heteroatoms. The van der Waals surface area contributed by atoms with Gasteiger partial charge in [-0.2, -0.15) is 13.2 Å². The van der Waals surface area contributed by atoms with Gasteiger partial charge in [0.15, 0.2) is 0 Å². The summed E-state index contributed by atoms with van der Waals surface area (Å²) in [5, 5.41) is 0. The fourth-order valence-electron chi connectivity index (χ4n) is 1.39. The van der Waals surface area contributed by atoms with Crippen LogP contribution < -0.4 is 0 Å². The number of alkyl halides is 3. The van der Waals surface area contributed by atoms with Crippen molar-refractivity contribution in [2.24, 2.45) is 0 Å². The Hall–Kier alpha value is -2.44.